The van der Waals surface area contributed by atoms with Crippen LogP contribution in [0.5, 0.6) is 0 Å². The van der Waals surface area contributed by atoms with Crippen LogP contribution in [0.2, 0.25) is 0 Å². The minimum atomic E-state index is -2.05. The molecule has 2 N–H and O–H groups in total. The molecule has 2 atom stereocenters. The maximum absolute atomic E-state index is 12.9. The number of pyridine rings is 2. The van der Waals surface area contributed by atoms with Gasteiger partial charge in [-0.15, -0.1) is 0 Å². The zero-order valence-electron chi connectivity index (χ0n) is 19.6. The van der Waals surface area contributed by atoms with Crippen molar-refractivity contribution in [3.63, 3.8) is 0 Å². The lowest BCUT2D eigenvalue weighted by Gasteiger charge is -2.36. The molecule has 2 aromatic heterocycles. The molecule has 0 aromatic carbocycles. The number of nitrogens with zero attached hydrogens (tertiary/aromatic N) is 2. The van der Waals surface area contributed by atoms with Crippen LogP contribution in [0.1, 0.15) is 68.8 Å². The lowest BCUT2D eigenvalue weighted by atomic mass is 9.89. The summed E-state index contributed by atoms with van der Waals surface area (Å²) in [7, 11) is 0. The molecule has 0 radical (unpaired) electrons. The van der Waals surface area contributed by atoms with Crippen molar-refractivity contribution in [3.8, 4) is 0 Å². The van der Waals surface area contributed by atoms with Crippen molar-refractivity contribution in [2.75, 3.05) is 0 Å². The van der Waals surface area contributed by atoms with Gasteiger partial charge in [0.25, 0.3) is 11.8 Å². The molecular weight excluding hydrogens is 340 g/mol. The monoisotopic (exact) mass is 371 g/mol. The van der Waals surface area contributed by atoms with Crippen LogP contribution in [-0.4, -0.2) is 33.3 Å². The van der Waals surface area contributed by atoms with Crippen molar-refractivity contribution < 1.29 is 13.7 Å². The maximum Gasteiger partial charge on any atom is 0.253 e. The fraction of sp³-hybridized carbons (Fsp3) is 0.429. The topological polar surface area (TPSA) is 84.0 Å². The van der Waals surface area contributed by atoms with Crippen LogP contribution in [0.15, 0.2) is 30.7 Å². The van der Waals surface area contributed by atoms with Gasteiger partial charge in [-0.2, -0.15) is 0 Å². The second kappa shape index (κ2) is 8.29. The molecular formula is C21H28N4O2. The molecule has 2 amide bonds. The Balaban J connectivity index is 2.38. The molecule has 2 heterocycles. The summed E-state index contributed by atoms with van der Waals surface area (Å²) in [6.07, 6.45) is 2.29. The summed E-state index contributed by atoms with van der Waals surface area (Å²) >= 11 is 0. The highest BCUT2D eigenvalue weighted by atomic mass is 16.2. The first-order valence-corrected chi connectivity index (χ1v) is 8.68. The molecule has 27 heavy (non-hydrogen) atoms. The number of hydrogen-bond donors (Lipinski definition) is 2. The summed E-state index contributed by atoms with van der Waals surface area (Å²) in [6.45, 7) is 9.41. The Morgan fingerprint density at radius 3 is 2.56 bits per heavy atom. The molecule has 2 aromatic rings. The summed E-state index contributed by atoms with van der Waals surface area (Å²) in [4.78, 5) is 33.8. The molecule has 0 fully saturated rings. The Bertz CT molecular complexity index is 973. The van der Waals surface area contributed by atoms with E-state index in [4.69, 9.17) is 4.11 Å². The van der Waals surface area contributed by atoms with Gasteiger partial charge in [0.05, 0.1) is 18.0 Å². The summed E-state index contributed by atoms with van der Waals surface area (Å²) in [5.74, 6) is -1.15. The second-order valence-corrected chi connectivity index (χ2v) is 6.73. The molecule has 2 rings (SSSR count). The van der Waals surface area contributed by atoms with Gasteiger partial charge >= 0.3 is 0 Å². The Morgan fingerprint density at radius 1 is 1.26 bits per heavy atom. The predicted molar refractivity (Wildman–Crippen MR) is 106 cm³/mol. The number of amides is 2. The largest absolute Gasteiger partial charge is 0.347 e. The summed E-state index contributed by atoms with van der Waals surface area (Å²) in [5, 5.41) is 5.19. The van der Waals surface area contributed by atoms with Crippen molar-refractivity contribution >= 4 is 11.8 Å². The molecule has 0 aliphatic carbocycles. The van der Waals surface area contributed by atoms with E-state index in [1.807, 2.05) is 13.8 Å². The van der Waals surface area contributed by atoms with Crippen LogP contribution < -0.4 is 10.6 Å². The molecule has 0 aliphatic rings. The van der Waals surface area contributed by atoms with Gasteiger partial charge in [-0.1, -0.05) is 6.92 Å². The number of carbonyl (C=O) groups excluding carboxylic acids is 2. The molecule has 0 saturated heterocycles. The minimum absolute atomic E-state index is 0.255. The van der Waals surface area contributed by atoms with Crippen LogP contribution in [0.3, 0.4) is 0 Å². The Kier molecular flexibility index (Phi) is 5.04. The molecule has 0 saturated carbocycles. The van der Waals surface area contributed by atoms with Crippen molar-refractivity contribution in [2.24, 2.45) is 0 Å². The van der Waals surface area contributed by atoms with E-state index in [2.05, 4.69) is 20.6 Å². The highest BCUT2D eigenvalue weighted by molar-refractivity contribution is 5.96. The van der Waals surface area contributed by atoms with Gasteiger partial charge in [0, 0.05) is 33.0 Å². The SMILES string of the molecule is [2H]C([2H])(C)C(C)(NC(=O)c1cnccc1C)C([2H])(C)NC(=O)c1cnc(C)c(C)c1. The average molecular weight is 371 g/mol. The van der Waals surface area contributed by atoms with Crippen molar-refractivity contribution in [2.45, 2.75) is 59.5 Å². The smallest absolute Gasteiger partial charge is 0.253 e. The highest BCUT2D eigenvalue weighted by Crippen LogP contribution is 2.18. The Morgan fingerprint density at radius 2 is 1.96 bits per heavy atom. The van der Waals surface area contributed by atoms with Gasteiger partial charge in [0.2, 0.25) is 0 Å². The zero-order valence-corrected chi connectivity index (χ0v) is 16.6. The van der Waals surface area contributed by atoms with Gasteiger partial charge in [0.1, 0.15) is 0 Å². The van der Waals surface area contributed by atoms with Crippen molar-refractivity contribution in [3.05, 3.63) is 58.7 Å². The molecule has 0 bridgehead atoms. The van der Waals surface area contributed by atoms with Gasteiger partial charge in [0.15, 0.2) is 0 Å². The molecule has 144 valence electrons. The van der Waals surface area contributed by atoms with E-state index in [1.54, 1.807) is 25.3 Å². The zero-order chi connectivity index (χ0) is 22.9. The van der Waals surface area contributed by atoms with E-state index >= 15 is 0 Å². The third-order valence-corrected chi connectivity index (χ3v) is 4.80. The summed E-state index contributed by atoms with van der Waals surface area (Å²) in [5.41, 5.74) is 1.02. The predicted octanol–water partition coefficient (Wildman–Crippen LogP) is 3.12. The molecule has 2 unspecified atom stereocenters. The fourth-order valence-corrected chi connectivity index (χ4v) is 2.47. The standard InChI is InChI=1S/C21H28N4O2/c1-7-21(6,25-20(27)18-12-22-9-8-13(18)2)16(5)24-19(26)17-10-14(3)15(4)23-11-17/h8-12,16H,7H2,1-6H3,(H,24,26)(H,25,27)/i7D2,16D. The molecule has 0 aliphatic heterocycles. The molecule has 6 nitrogen and oxygen atoms in total. The van der Waals surface area contributed by atoms with E-state index in [0.29, 0.717) is 5.56 Å². The molecule has 0 spiro atoms. The van der Waals surface area contributed by atoms with Crippen molar-refractivity contribution in [1.82, 2.24) is 20.6 Å². The molecule has 6 heteroatoms. The number of aromatic nitrogens is 2. The van der Waals surface area contributed by atoms with Gasteiger partial charge < -0.3 is 10.6 Å². The van der Waals surface area contributed by atoms with Gasteiger partial charge in [-0.3, -0.25) is 19.6 Å². The lowest BCUT2D eigenvalue weighted by molar-refractivity contribution is 0.0832. The summed E-state index contributed by atoms with van der Waals surface area (Å²) < 4.78 is 25.4. The Hall–Kier alpha value is -2.76. The number of rotatable bonds is 6. The first kappa shape index (κ1) is 16.4. The third kappa shape index (κ3) is 4.70. The number of carbonyl (C=O) groups is 2. The number of nitrogens with one attached hydrogen (secondary N) is 2. The number of aryl methyl sites for hydroxylation is 3. The first-order chi connectivity index (χ1) is 13.7. The quantitative estimate of drug-likeness (QED) is 0.817. The van der Waals surface area contributed by atoms with E-state index in [1.165, 1.54) is 33.2 Å². The summed E-state index contributed by atoms with van der Waals surface area (Å²) in [6, 6.07) is 1.43. The van der Waals surface area contributed by atoms with Crippen molar-refractivity contribution in [1.29, 1.82) is 0 Å². The lowest BCUT2D eigenvalue weighted by Crippen LogP contribution is -2.59. The first-order valence-electron chi connectivity index (χ1n) is 10.2. The fourth-order valence-electron chi connectivity index (χ4n) is 2.47. The van der Waals surface area contributed by atoms with Crippen LogP contribution >= 0.6 is 0 Å². The second-order valence-electron chi connectivity index (χ2n) is 6.73. The van der Waals surface area contributed by atoms with Gasteiger partial charge in [-0.05, 0) is 64.3 Å². The van der Waals surface area contributed by atoms with E-state index in [9.17, 15) is 9.59 Å². The minimum Gasteiger partial charge on any atom is -0.347 e. The van der Waals surface area contributed by atoms with E-state index in [0.717, 1.165) is 11.3 Å². The van der Waals surface area contributed by atoms with Gasteiger partial charge in [-0.25, -0.2) is 0 Å². The normalized spacial score (nSPS) is 17.5. The average Bonchev–Trinajstić information content (AvgIpc) is 2.62. The third-order valence-electron chi connectivity index (χ3n) is 4.80. The number of hydrogen-bond acceptors (Lipinski definition) is 4. The van der Waals surface area contributed by atoms with E-state index in [-0.39, 0.29) is 11.1 Å². The van der Waals surface area contributed by atoms with Crippen LogP contribution in [-0.2, 0) is 0 Å². The Labute approximate surface area is 165 Å². The van der Waals surface area contributed by atoms with Crippen LogP contribution in [0.25, 0.3) is 0 Å². The maximum atomic E-state index is 12.9. The highest BCUT2D eigenvalue weighted by Gasteiger charge is 2.33. The van der Waals surface area contributed by atoms with E-state index < -0.39 is 29.7 Å². The van der Waals surface area contributed by atoms with Crippen LogP contribution in [0.4, 0.5) is 0 Å². The van der Waals surface area contributed by atoms with Crippen LogP contribution in [0, 0.1) is 20.8 Å².